The molecule has 0 atom stereocenters. The fourth-order valence-corrected chi connectivity index (χ4v) is 0.891. The molecule has 0 saturated heterocycles. The van der Waals surface area contributed by atoms with E-state index in [1.807, 2.05) is 0 Å². The second-order valence-corrected chi connectivity index (χ2v) is 2.59. The van der Waals surface area contributed by atoms with Crippen molar-refractivity contribution in [2.24, 2.45) is 0 Å². The molecule has 1 rings (SSSR count). The van der Waals surface area contributed by atoms with Crippen LogP contribution < -0.4 is 0 Å². The highest BCUT2D eigenvalue weighted by molar-refractivity contribution is 5.28. The van der Waals surface area contributed by atoms with E-state index >= 15 is 0 Å². The van der Waals surface area contributed by atoms with Crippen molar-refractivity contribution in [1.82, 2.24) is 0 Å². The summed E-state index contributed by atoms with van der Waals surface area (Å²) < 4.78 is 0. The first-order valence-electron chi connectivity index (χ1n) is 3.24. The van der Waals surface area contributed by atoms with E-state index in [4.69, 9.17) is 0 Å². The molecule has 1 aromatic rings. The van der Waals surface area contributed by atoms with E-state index in [1.165, 1.54) is 16.7 Å². The lowest BCUT2D eigenvalue weighted by atomic mass is 10.1. The number of hydrogen-bond donors (Lipinski definition) is 0. The van der Waals surface area contributed by atoms with Gasteiger partial charge in [-0.2, -0.15) is 0 Å². The Kier molecular flexibility index (Phi) is 3.14. The number of rotatable bonds is 0. The Balaban J connectivity index is 0.000000810. The SMILES string of the molecule is C.Cc1ccc(C)c(C)c1. The van der Waals surface area contributed by atoms with Gasteiger partial charge in [-0.25, -0.2) is 0 Å². The number of benzene rings is 1. The van der Waals surface area contributed by atoms with Crippen molar-refractivity contribution in [2.75, 3.05) is 0 Å². The maximum absolute atomic E-state index is 2.20. The van der Waals surface area contributed by atoms with Crippen LogP contribution >= 0.6 is 0 Å². The molecule has 0 aliphatic rings. The molecule has 0 amide bonds. The minimum atomic E-state index is 0. The van der Waals surface area contributed by atoms with Gasteiger partial charge >= 0.3 is 0 Å². The van der Waals surface area contributed by atoms with Crippen LogP contribution in [-0.4, -0.2) is 0 Å². The third-order valence-corrected chi connectivity index (χ3v) is 1.66. The van der Waals surface area contributed by atoms with Gasteiger partial charge in [-0.15, -0.1) is 0 Å². The molecule has 0 heteroatoms. The molecule has 1 aromatic carbocycles. The highest BCUT2D eigenvalue weighted by Crippen LogP contribution is 2.07. The Morgan fingerprint density at radius 2 is 1.50 bits per heavy atom. The summed E-state index contributed by atoms with van der Waals surface area (Å²) in [7, 11) is 0. The van der Waals surface area contributed by atoms with Gasteiger partial charge in [-0.05, 0) is 31.9 Å². The van der Waals surface area contributed by atoms with Crippen LogP contribution in [0.3, 0.4) is 0 Å². The molecule has 0 aliphatic carbocycles. The first-order valence-corrected chi connectivity index (χ1v) is 3.24. The summed E-state index contributed by atoms with van der Waals surface area (Å²) in [5.74, 6) is 0. The average Bonchev–Trinajstić information content (AvgIpc) is 1.80. The Morgan fingerprint density at radius 1 is 0.900 bits per heavy atom. The van der Waals surface area contributed by atoms with Crippen molar-refractivity contribution in [3.63, 3.8) is 0 Å². The number of aryl methyl sites for hydroxylation is 3. The summed E-state index contributed by atoms with van der Waals surface area (Å²) in [6, 6.07) is 6.50. The maximum Gasteiger partial charge on any atom is -0.0395 e. The summed E-state index contributed by atoms with van der Waals surface area (Å²) in [4.78, 5) is 0. The summed E-state index contributed by atoms with van der Waals surface area (Å²) in [5, 5.41) is 0. The molecule has 0 radical (unpaired) electrons. The minimum Gasteiger partial charge on any atom is -0.0776 e. The van der Waals surface area contributed by atoms with Crippen molar-refractivity contribution in [3.8, 4) is 0 Å². The fourth-order valence-electron chi connectivity index (χ4n) is 0.891. The molecule has 0 aromatic heterocycles. The van der Waals surface area contributed by atoms with Gasteiger partial charge in [-0.1, -0.05) is 31.2 Å². The third-order valence-electron chi connectivity index (χ3n) is 1.66. The normalized spacial score (nSPS) is 8.70. The van der Waals surface area contributed by atoms with Crippen molar-refractivity contribution >= 4 is 0 Å². The van der Waals surface area contributed by atoms with Gasteiger partial charge in [0.15, 0.2) is 0 Å². The van der Waals surface area contributed by atoms with Crippen LogP contribution in [0, 0.1) is 20.8 Å². The smallest absolute Gasteiger partial charge is 0.0395 e. The van der Waals surface area contributed by atoms with E-state index in [1.54, 1.807) is 0 Å². The van der Waals surface area contributed by atoms with E-state index in [-0.39, 0.29) is 7.43 Å². The molecule has 10 heavy (non-hydrogen) atoms. The molecule has 0 aliphatic heterocycles. The molecule has 0 nitrogen and oxygen atoms in total. The summed E-state index contributed by atoms with van der Waals surface area (Å²) in [5.41, 5.74) is 4.11. The molecule has 0 bridgehead atoms. The Bertz CT molecular complexity index is 211. The first kappa shape index (κ1) is 9.22. The minimum absolute atomic E-state index is 0. The predicted molar refractivity (Wildman–Crippen MR) is 47.4 cm³/mol. The van der Waals surface area contributed by atoms with Crippen LogP contribution in [0.5, 0.6) is 0 Å². The van der Waals surface area contributed by atoms with Crippen molar-refractivity contribution in [2.45, 2.75) is 28.2 Å². The second kappa shape index (κ2) is 3.40. The largest absolute Gasteiger partial charge is 0.0776 e. The molecular weight excluding hydrogens is 120 g/mol. The van der Waals surface area contributed by atoms with E-state index in [2.05, 4.69) is 39.0 Å². The van der Waals surface area contributed by atoms with Gasteiger partial charge in [0.25, 0.3) is 0 Å². The zero-order valence-electron chi connectivity index (χ0n) is 6.23. The maximum atomic E-state index is 2.20. The quantitative estimate of drug-likeness (QED) is 0.513. The summed E-state index contributed by atoms with van der Waals surface area (Å²) >= 11 is 0. The van der Waals surface area contributed by atoms with E-state index < -0.39 is 0 Å². The molecule has 0 unspecified atom stereocenters. The fraction of sp³-hybridized carbons (Fsp3) is 0.400. The molecule has 56 valence electrons. The molecule has 0 saturated carbocycles. The average molecular weight is 136 g/mol. The van der Waals surface area contributed by atoms with Gasteiger partial charge in [0.2, 0.25) is 0 Å². The van der Waals surface area contributed by atoms with Gasteiger partial charge in [-0.3, -0.25) is 0 Å². The van der Waals surface area contributed by atoms with E-state index in [9.17, 15) is 0 Å². The standard InChI is InChI=1S/C9H12.CH4/c1-7-4-5-8(2)9(3)6-7;/h4-6H,1-3H3;1H4. The highest BCUT2D eigenvalue weighted by atomic mass is 13.9. The lowest BCUT2D eigenvalue weighted by Gasteiger charge is -1.98. The molecule has 0 heterocycles. The summed E-state index contributed by atoms with van der Waals surface area (Å²) in [6.07, 6.45) is 0. The van der Waals surface area contributed by atoms with Gasteiger partial charge in [0, 0.05) is 0 Å². The second-order valence-electron chi connectivity index (χ2n) is 2.59. The molecular formula is C10H16. The van der Waals surface area contributed by atoms with Gasteiger partial charge < -0.3 is 0 Å². The lowest BCUT2D eigenvalue weighted by molar-refractivity contribution is 1.30. The molecule has 0 N–H and O–H groups in total. The first-order chi connectivity index (χ1) is 4.20. The molecule has 0 spiro atoms. The van der Waals surface area contributed by atoms with Crippen LogP contribution in [0.2, 0.25) is 0 Å². The van der Waals surface area contributed by atoms with Crippen LogP contribution in [0.25, 0.3) is 0 Å². The Morgan fingerprint density at radius 3 is 1.90 bits per heavy atom. The van der Waals surface area contributed by atoms with Crippen LogP contribution in [0.4, 0.5) is 0 Å². The van der Waals surface area contributed by atoms with Crippen LogP contribution in [0.1, 0.15) is 24.1 Å². The van der Waals surface area contributed by atoms with E-state index in [0.717, 1.165) is 0 Å². The highest BCUT2D eigenvalue weighted by Gasteiger charge is 1.89. The lowest BCUT2D eigenvalue weighted by Crippen LogP contribution is -1.79. The van der Waals surface area contributed by atoms with Crippen LogP contribution in [-0.2, 0) is 0 Å². The van der Waals surface area contributed by atoms with Crippen molar-refractivity contribution in [1.29, 1.82) is 0 Å². The van der Waals surface area contributed by atoms with Gasteiger partial charge in [0.05, 0.1) is 0 Å². The topological polar surface area (TPSA) is 0 Å². The Labute approximate surface area is 63.9 Å². The third kappa shape index (κ3) is 1.87. The summed E-state index contributed by atoms with van der Waals surface area (Å²) in [6.45, 7) is 6.39. The predicted octanol–water partition coefficient (Wildman–Crippen LogP) is 3.25. The van der Waals surface area contributed by atoms with Gasteiger partial charge in [0.1, 0.15) is 0 Å². The zero-order chi connectivity index (χ0) is 6.85. The van der Waals surface area contributed by atoms with Crippen molar-refractivity contribution in [3.05, 3.63) is 34.9 Å². The monoisotopic (exact) mass is 136 g/mol. The zero-order valence-corrected chi connectivity index (χ0v) is 6.23. The Hall–Kier alpha value is -0.780. The van der Waals surface area contributed by atoms with Crippen molar-refractivity contribution < 1.29 is 0 Å². The molecule has 0 fully saturated rings. The van der Waals surface area contributed by atoms with Crippen LogP contribution in [0.15, 0.2) is 18.2 Å². The number of hydrogen-bond acceptors (Lipinski definition) is 0. The van der Waals surface area contributed by atoms with E-state index in [0.29, 0.717) is 0 Å².